The number of rotatable bonds is 4. The highest BCUT2D eigenvalue weighted by Crippen LogP contribution is 2.32. The van der Waals surface area contributed by atoms with Crippen LogP contribution in [0.2, 0.25) is 0 Å². The van der Waals surface area contributed by atoms with Gasteiger partial charge in [-0.2, -0.15) is 4.31 Å². The third kappa shape index (κ3) is 3.53. The van der Waals surface area contributed by atoms with Crippen molar-refractivity contribution in [3.63, 3.8) is 0 Å². The Hall–Kier alpha value is -2.39. The molecule has 1 saturated heterocycles. The van der Waals surface area contributed by atoms with Gasteiger partial charge < -0.3 is 14.7 Å². The second kappa shape index (κ2) is 7.46. The summed E-state index contributed by atoms with van der Waals surface area (Å²) in [6.07, 6.45) is 3.26. The first kappa shape index (κ1) is 19.9. The Kier molecular flexibility index (Phi) is 5.12. The van der Waals surface area contributed by atoms with Gasteiger partial charge in [-0.1, -0.05) is 11.2 Å². The molecule has 4 rings (SSSR count). The van der Waals surface area contributed by atoms with E-state index in [0.717, 1.165) is 25.1 Å². The lowest BCUT2D eigenvalue weighted by molar-refractivity contribution is -0.119. The molecule has 29 heavy (non-hydrogen) atoms. The van der Waals surface area contributed by atoms with E-state index in [1.54, 1.807) is 13.8 Å². The van der Waals surface area contributed by atoms with Crippen LogP contribution in [0.5, 0.6) is 0 Å². The molecule has 1 fully saturated rings. The Bertz CT molecular complexity index is 1030. The Morgan fingerprint density at radius 1 is 1.24 bits per heavy atom. The molecule has 0 bridgehead atoms. The van der Waals surface area contributed by atoms with E-state index in [-0.39, 0.29) is 16.6 Å². The molecule has 0 unspecified atom stereocenters. The van der Waals surface area contributed by atoms with Crippen molar-refractivity contribution in [1.82, 2.24) is 9.46 Å². The summed E-state index contributed by atoms with van der Waals surface area (Å²) in [4.78, 5) is 15.2. The number of aromatic nitrogens is 1. The highest BCUT2D eigenvalue weighted by Gasteiger charge is 2.42. The summed E-state index contributed by atoms with van der Waals surface area (Å²) in [5.74, 6) is -0.0671. The Morgan fingerprint density at radius 2 is 2.03 bits per heavy atom. The zero-order valence-corrected chi connectivity index (χ0v) is 17.8. The van der Waals surface area contributed by atoms with Crippen molar-refractivity contribution in [2.45, 2.75) is 50.5 Å². The molecule has 156 valence electrons. The van der Waals surface area contributed by atoms with Gasteiger partial charge in [0.15, 0.2) is 5.76 Å². The van der Waals surface area contributed by atoms with E-state index in [0.29, 0.717) is 30.8 Å². The molecule has 2 aromatic rings. The van der Waals surface area contributed by atoms with Crippen LogP contribution in [0, 0.1) is 13.8 Å². The molecule has 2 aliphatic rings. The third-order valence-corrected chi connectivity index (χ3v) is 7.90. The molecule has 0 radical (unpaired) electrons. The van der Waals surface area contributed by atoms with Gasteiger partial charge >= 0.3 is 0 Å². The number of nitrogens with zero attached hydrogens (tertiary/aromatic N) is 3. The smallest absolute Gasteiger partial charge is 0.249 e. The summed E-state index contributed by atoms with van der Waals surface area (Å²) >= 11 is 0. The molecule has 1 aromatic carbocycles. The Balaban J connectivity index is 1.57. The number of nitrogens with one attached hydrogen (secondary N) is 1. The van der Waals surface area contributed by atoms with Crippen LogP contribution < -0.4 is 10.2 Å². The van der Waals surface area contributed by atoms with Crippen molar-refractivity contribution in [3.8, 4) is 0 Å². The van der Waals surface area contributed by atoms with Gasteiger partial charge in [-0.15, -0.1) is 0 Å². The number of hydrogen-bond acceptors (Lipinski definition) is 6. The van der Waals surface area contributed by atoms with Crippen LogP contribution in [-0.2, 0) is 21.2 Å². The maximum absolute atomic E-state index is 13.2. The van der Waals surface area contributed by atoms with Crippen molar-refractivity contribution in [1.29, 1.82) is 0 Å². The van der Waals surface area contributed by atoms with Crippen molar-refractivity contribution in [3.05, 3.63) is 35.2 Å². The normalized spacial score (nSPS) is 20.0. The highest BCUT2D eigenvalue weighted by atomic mass is 32.2. The molecule has 0 spiro atoms. The van der Waals surface area contributed by atoms with Crippen LogP contribution in [0.4, 0.5) is 11.4 Å². The van der Waals surface area contributed by atoms with E-state index in [2.05, 4.69) is 15.4 Å². The lowest BCUT2D eigenvalue weighted by Gasteiger charge is -2.28. The van der Waals surface area contributed by atoms with Gasteiger partial charge in [0.05, 0.1) is 0 Å². The van der Waals surface area contributed by atoms with Crippen LogP contribution in [0.15, 0.2) is 27.6 Å². The fourth-order valence-electron chi connectivity index (χ4n) is 4.31. The molecule has 0 aliphatic carbocycles. The van der Waals surface area contributed by atoms with Gasteiger partial charge in [-0.05, 0) is 57.2 Å². The summed E-state index contributed by atoms with van der Waals surface area (Å²) in [6.45, 7) is 4.45. The standard InChI is InChI=1S/C20H26N4O4S/c1-13-19(14(2)28-22-13)29(26,27)24-11-5-7-17(24)20(25)21-16-9-8-15-6-4-10-23(3)18(15)12-16/h8-9,12,17H,4-7,10-11H2,1-3H3,(H,21,25)/t17-/m0/s1. The minimum atomic E-state index is -3.86. The SMILES string of the molecule is Cc1noc(C)c1S(=O)(=O)N1CCC[C@H]1C(=O)Nc1ccc2c(c1)N(C)CCC2. The molecule has 8 nitrogen and oxygen atoms in total. The molecule has 2 aliphatic heterocycles. The van der Waals surface area contributed by atoms with Crippen LogP contribution in [0.1, 0.15) is 36.3 Å². The van der Waals surface area contributed by atoms with E-state index in [4.69, 9.17) is 4.52 Å². The fraction of sp³-hybridized carbons (Fsp3) is 0.500. The van der Waals surface area contributed by atoms with Gasteiger partial charge in [-0.3, -0.25) is 4.79 Å². The summed E-state index contributed by atoms with van der Waals surface area (Å²) in [7, 11) is -1.82. The van der Waals surface area contributed by atoms with Gasteiger partial charge in [0.2, 0.25) is 15.9 Å². The Morgan fingerprint density at radius 3 is 2.76 bits per heavy atom. The van der Waals surface area contributed by atoms with Crippen LogP contribution in [-0.4, -0.2) is 50.0 Å². The average Bonchev–Trinajstić information content (AvgIpc) is 3.30. The monoisotopic (exact) mass is 418 g/mol. The van der Waals surface area contributed by atoms with E-state index >= 15 is 0 Å². The molecule has 9 heteroatoms. The predicted molar refractivity (Wildman–Crippen MR) is 110 cm³/mol. The van der Waals surface area contributed by atoms with Crippen LogP contribution in [0.3, 0.4) is 0 Å². The minimum Gasteiger partial charge on any atom is -0.374 e. The average molecular weight is 419 g/mol. The number of fused-ring (bicyclic) bond motifs is 1. The molecular formula is C20H26N4O4S. The molecule has 1 atom stereocenters. The first-order chi connectivity index (χ1) is 13.8. The third-order valence-electron chi connectivity index (χ3n) is 5.74. The number of carbonyl (C=O) groups is 1. The quantitative estimate of drug-likeness (QED) is 0.819. The maximum Gasteiger partial charge on any atom is 0.249 e. The lowest BCUT2D eigenvalue weighted by atomic mass is 10.0. The molecule has 1 aromatic heterocycles. The molecule has 0 saturated carbocycles. The van der Waals surface area contributed by atoms with E-state index in [9.17, 15) is 13.2 Å². The van der Waals surface area contributed by atoms with Crippen molar-refractivity contribution < 1.29 is 17.7 Å². The second-order valence-electron chi connectivity index (χ2n) is 7.78. The van der Waals surface area contributed by atoms with Gasteiger partial charge in [0, 0.05) is 31.5 Å². The number of anilines is 2. The summed E-state index contributed by atoms with van der Waals surface area (Å²) in [6, 6.07) is 5.14. The van der Waals surface area contributed by atoms with Crippen molar-refractivity contribution in [2.24, 2.45) is 0 Å². The summed E-state index contributed by atoms with van der Waals surface area (Å²) in [5, 5.41) is 6.67. The summed E-state index contributed by atoms with van der Waals surface area (Å²) < 4.78 is 32.7. The first-order valence-corrected chi connectivity index (χ1v) is 11.3. The summed E-state index contributed by atoms with van der Waals surface area (Å²) in [5.41, 5.74) is 3.37. The van der Waals surface area contributed by atoms with E-state index in [1.807, 2.05) is 25.2 Å². The minimum absolute atomic E-state index is 0.0626. The van der Waals surface area contributed by atoms with E-state index < -0.39 is 16.1 Å². The zero-order valence-electron chi connectivity index (χ0n) is 16.9. The topological polar surface area (TPSA) is 95.8 Å². The number of hydrogen-bond donors (Lipinski definition) is 1. The number of carbonyl (C=O) groups excluding carboxylic acids is 1. The first-order valence-electron chi connectivity index (χ1n) is 9.88. The number of sulfonamides is 1. The van der Waals surface area contributed by atoms with Crippen molar-refractivity contribution >= 4 is 27.3 Å². The number of aryl methyl sites for hydroxylation is 3. The van der Waals surface area contributed by atoms with Crippen LogP contribution >= 0.6 is 0 Å². The number of amides is 1. The second-order valence-corrected chi connectivity index (χ2v) is 9.61. The van der Waals surface area contributed by atoms with Crippen molar-refractivity contribution in [2.75, 3.05) is 30.4 Å². The molecule has 1 amide bonds. The molecule has 1 N–H and O–H groups in total. The molecule has 3 heterocycles. The van der Waals surface area contributed by atoms with Crippen LogP contribution in [0.25, 0.3) is 0 Å². The van der Waals surface area contributed by atoms with Gasteiger partial charge in [-0.25, -0.2) is 8.42 Å². The highest BCUT2D eigenvalue weighted by molar-refractivity contribution is 7.89. The molecular weight excluding hydrogens is 392 g/mol. The van der Waals surface area contributed by atoms with E-state index in [1.165, 1.54) is 9.87 Å². The number of benzene rings is 1. The van der Waals surface area contributed by atoms with Gasteiger partial charge in [0.25, 0.3) is 0 Å². The maximum atomic E-state index is 13.2. The zero-order chi connectivity index (χ0) is 20.8. The Labute approximate surface area is 170 Å². The van der Waals surface area contributed by atoms with Gasteiger partial charge in [0.1, 0.15) is 16.6 Å². The predicted octanol–water partition coefficient (Wildman–Crippen LogP) is 2.47. The fourth-order valence-corrected chi connectivity index (χ4v) is 6.26. The lowest BCUT2D eigenvalue weighted by Crippen LogP contribution is -2.43. The largest absolute Gasteiger partial charge is 0.374 e.